The van der Waals surface area contributed by atoms with E-state index < -0.39 is 0 Å². The van der Waals surface area contributed by atoms with Crippen LogP contribution < -0.4 is 10.6 Å². The maximum Gasteiger partial charge on any atom is 0.257 e. The topological polar surface area (TPSA) is 71.1 Å². The molecule has 2 amide bonds. The van der Waals surface area contributed by atoms with Gasteiger partial charge in [0.2, 0.25) is 0 Å². The SMILES string of the molecule is Cc1cccc(C(=O)Nc2ccc3nc(NC(=O)c4ccccc4)sc3c2)c1. The lowest BCUT2D eigenvalue weighted by atomic mass is 10.1. The molecule has 5 nitrogen and oxygen atoms in total. The van der Waals surface area contributed by atoms with Crippen molar-refractivity contribution in [3.05, 3.63) is 89.5 Å². The van der Waals surface area contributed by atoms with Crippen LogP contribution in [-0.4, -0.2) is 16.8 Å². The summed E-state index contributed by atoms with van der Waals surface area (Å²) in [5.74, 6) is -0.363. The molecular formula is C22H17N3O2S. The molecule has 0 radical (unpaired) electrons. The number of benzene rings is 3. The first-order valence-electron chi connectivity index (χ1n) is 8.73. The number of aromatic nitrogens is 1. The number of carbonyl (C=O) groups is 2. The van der Waals surface area contributed by atoms with Gasteiger partial charge in [-0.2, -0.15) is 0 Å². The summed E-state index contributed by atoms with van der Waals surface area (Å²) in [5.41, 5.74) is 3.67. The zero-order chi connectivity index (χ0) is 19.5. The van der Waals surface area contributed by atoms with E-state index in [1.165, 1.54) is 11.3 Å². The Morgan fingerprint density at radius 3 is 2.36 bits per heavy atom. The van der Waals surface area contributed by atoms with Crippen molar-refractivity contribution >= 4 is 44.2 Å². The molecule has 0 atom stereocenters. The summed E-state index contributed by atoms with van der Waals surface area (Å²) < 4.78 is 0.880. The fourth-order valence-corrected chi connectivity index (χ4v) is 3.70. The van der Waals surface area contributed by atoms with Crippen molar-refractivity contribution in [3.8, 4) is 0 Å². The minimum atomic E-state index is -0.201. The molecule has 28 heavy (non-hydrogen) atoms. The molecule has 4 aromatic rings. The van der Waals surface area contributed by atoms with Crippen LogP contribution in [0.3, 0.4) is 0 Å². The highest BCUT2D eigenvalue weighted by Crippen LogP contribution is 2.29. The zero-order valence-electron chi connectivity index (χ0n) is 15.1. The first-order chi connectivity index (χ1) is 13.6. The first-order valence-corrected chi connectivity index (χ1v) is 9.55. The number of fused-ring (bicyclic) bond motifs is 1. The molecule has 0 fully saturated rings. The van der Waals surface area contributed by atoms with Gasteiger partial charge in [-0.05, 0) is 49.4 Å². The van der Waals surface area contributed by atoms with Crippen LogP contribution in [0.15, 0.2) is 72.8 Å². The lowest BCUT2D eigenvalue weighted by Gasteiger charge is -2.05. The van der Waals surface area contributed by atoms with Crippen molar-refractivity contribution < 1.29 is 9.59 Å². The van der Waals surface area contributed by atoms with Gasteiger partial charge in [-0.15, -0.1) is 0 Å². The minimum Gasteiger partial charge on any atom is -0.322 e. The van der Waals surface area contributed by atoms with Gasteiger partial charge in [0.05, 0.1) is 10.2 Å². The van der Waals surface area contributed by atoms with E-state index in [0.717, 1.165) is 15.8 Å². The predicted molar refractivity (Wildman–Crippen MR) is 113 cm³/mol. The van der Waals surface area contributed by atoms with E-state index in [9.17, 15) is 9.59 Å². The minimum absolute atomic E-state index is 0.162. The number of rotatable bonds is 4. The number of amides is 2. The highest BCUT2D eigenvalue weighted by atomic mass is 32.1. The van der Waals surface area contributed by atoms with Gasteiger partial charge in [-0.25, -0.2) is 4.98 Å². The number of carbonyl (C=O) groups excluding carboxylic acids is 2. The van der Waals surface area contributed by atoms with Gasteiger partial charge in [0.25, 0.3) is 11.8 Å². The Labute approximate surface area is 166 Å². The van der Waals surface area contributed by atoms with E-state index in [0.29, 0.717) is 21.9 Å². The smallest absolute Gasteiger partial charge is 0.257 e. The third-order valence-electron chi connectivity index (χ3n) is 4.18. The number of aryl methyl sites for hydroxylation is 1. The van der Waals surface area contributed by atoms with Crippen LogP contribution in [0.1, 0.15) is 26.3 Å². The summed E-state index contributed by atoms with van der Waals surface area (Å²) in [7, 11) is 0. The molecule has 1 aromatic heterocycles. The number of anilines is 2. The second kappa shape index (κ2) is 7.62. The molecular weight excluding hydrogens is 370 g/mol. The van der Waals surface area contributed by atoms with Gasteiger partial charge < -0.3 is 5.32 Å². The Kier molecular flexibility index (Phi) is 4.87. The third-order valence-corrected chi connectivity index (χ3v) is 5.12. The summed E-state index contributed by atoms with van der Waals surface area (Å²) in [5, 5.41) is 6.25. The molecule has 0 aliphatic rings. The maximum absolute atomic E-state index is 12.4. The summed E-state index contributed by atoms with van der Waals surface area (Å²) >= 11 is 1.37. The molecule has 0 saturated heterocycles. The van der Waals surface area contributed by atoms with E-state index in [1.54, 1.807) is 24.3 Å². The van der Waals surface area contributed by atoms with Crippen molar-refractivity contribution in [3.63, 3.8) is 0 Å². The summed E-state index contributed by atoms with van der Waals surface area (Å²) in [4.78, 5) is 29.2. The molecule has 1 heterocycles. The Hall–Kier alpha value is -3.51. The summed E-state index contributed by atoms with van der Waals surface area (Å²) in [6, 6.07) is 21.9. The number of hydrogen-bond acceptors (Lipinski definition) is 4. The molecule has 0 spiro atoms. The fourth-order valence-electron chi connectivity index (χ4n) is 2.80. The van der Waals surface area contributed by atoms with Crippen molar-refractivity contribution in [1.82, 2.24) is 4.98 Å². The van der Waals surface area contributed by atoms with Crippen LogP contribution in [0, 0.1) is 6.92 Å². The van der Waals surface area contributed by atoms with Crippen LogP contribution in [0.5, 0.6) is 0 Å². The van der Waals surface area contributed by atoms with Gasteiger partial charge in [0.15, 0.2) is 5.13 Å². The van der Waals surface area contributed by atoms with E-state index in [-0.39, 0.29) is 11.8 Å². The monoisotopic (exact) mass is 387 g/mol. The Balaban J connectivity index is 1.52. The molecule has 4 rings (SSSR count). The summed E-state index contributed by atoms with van der Waals surface area (Å²) in [6.07, 6.45) is 0. The van der Waals surface area contributed by atoms with Crippen molar-refractivity contribution in [2.75, 3.05) is 10.6 Å². The standard InChI is InChI=1S/C22H17N3O2S/c1-14-6-5-9-16(12-14)21(27)23-17-10-11-18-19(13-17)28-22(24-18)25-20(26)15-7-3-2-4-8-15/h2-13H,1H3,(H,23,27)(H,24,25,26). The van der Waals surface area contributed by atoms with Crippen LogP contribution in [-0.2, 0) is 0 Å². The highest BCUT2D eigenvalue weighted by Gasteiger charge is 2.11. The van der Waals surface area contributed by atoms with Gasteiger partial charge in [0, 0.05) is 16.8 Å². The van der Waals surface area contributed by atoms with Crippen LogP contribution >= 0.6 is 11.3 Å². The van der Waals surface area contributed by atoms with Gasteiger partial charge in [-0.3, -0.25) is 14.9 Å². The fraction of sp³-hybridized carbons (Fsp3) is 0.0455. The molecule has 0 saturated carbocycles. The highest BCUT2D eigenvalue weighted by molar-refractivity contribution is 7.22. The Bertz CT molecular complexity index is 1170. The third kappa shape index (κ3) is 3.92. The number of thiazole rings is 1. The Morgan fingerprint density at radius 1 is 0.821 bits per heavy atom. The van der Waals surface area contributed by atoms with E-state index in [1.807, 2.05) is 55.5 Å². The van der Waals surface area contributed by atoms with Crippen LogP contribution in [0.2, 0.25) is 0 Å². The molecule has 0 aliphatic heterocycles. The lowest BCUT2D eigenvalue weighted by molar-refractivity contribution is 0.101. The van der Waals surface area contributed by atoms with Gasteiger partial charge in [-0.1, -0.05) is 47.2 Å². The van der Waals surface area contributed by atoms with Crippen LogP contribution in [0.4, 0.5) is 10.8 Å². The molecule has 0 bridgehead atoms. The quantitative estimate of drug-likeness (QED) is 0.511. The van der Waals surface area contributed by atoms with Crippen molar-refractivity contribution in [1.29, 1.82) is 0 Å². The number of nitrogens with one attached hydrogen (secondary N) is 2. The number of nitrogens with zero attached hydrogens (tertiary/aromatic N) is 1. The van der Waals surface area contributed by atoms with E-state index >= 15 is 0 Å². The largest absolute Gasteiger partial charge is 0.322 e. The van der Waals surface area contributed by atoms with E-state index in [4.69, 9.17) is 0 Å². The lowest BCUT2D eigenvalue weighted by Crippen LogP contribution is -2.11. The second-order valence-corrected chi connectivity index (χ2v) is 7.38. The molecule has 138 valence electrons. The maximum atomic E-state index is 12.4. The van der Waals surface area contributed by atoms with Crippen molar-refractivity contribution in [2.45, 2.75) is 6.92 Å². The Morgan fingerprint density at radius 2 is 1.57 bits per heavy atom. The van der Waals surface area contributed by atoms with Gasteiger partial charge in [0.1, 0.15) is 0 Å². The zero-order valence-corrected chi connectivity index (χ0v) is 15.9. The summed E-state index contributed by atoms with van der Waals surface area (Å²) in [6.45, 7) is 1.95. The van der Waals surface area contributed by atoms with Crippen molar-refractivity contribution in [2.24, 2.45) is 0 Å². The number of hydrogen-bond donors (Lipinski definition) is 2. The molecule has 3 aromatic carbocycles. The predicted octanol–water partition coefficient (Wildman–Crippen LogP) is 5.11. The van der Waals surface area contributed by atoms with Crippen LogP contribution in [0.25, 0.3) is 10.2 Å². The van der Waals surface area contributed by atoms with E-state index in [2.05, 4.69) is 15.6 Å². The molecule has 0 unspecified atom stereocenters. The average Bonchev–Trinajstić information content (AvgIpc) is 3.10. The van der Waals surface area contributed by atoms with Gasteiger partial charge >= 0.3 is 0 Å². The first kappa shape index (κ1) is 17.9. The average molecular weight is 387 g/mol. The normalized spacial score (nSPS) is 10.6. The molecule has 2 N–H and O–H groups in total. The molecule has 0 aliphatic carbocycles. The second-order valence-electron chi connectivity index (χ2n) is 6.35. The molecule has 6 heteroatoms.